The van der Waals surface area contributed by atoms with Crippen LogP contribution in [0.1, 0.15) is 48.0 Å². The van der Waals surface area contributed by atoms with Gasteiger partial charge in [0.15, 0.2) is 0 Å². The molecule has 0 fully saturated rings. The van der Waals surface area contributed by atoms with Gasteiger partial charge >= 0.3 is 6.09 Å². The highest BCUT2D eigenvalue weighted by atomic mass is 16.6. The van der Waals surface area contributed by atoms with E-state index in [9.17, 15) is 9.59 Å². The Labute approximate surface area is 152 Å². The molecule has 0 saturated heterocycles. The van der Waals surface area contributed by atoms with Crippen molar-refractivity contribution < 1.29 is 14.3 Å². The summed E-state index contributed by atoms with van der Waals surface area (Å²) >= 11 is 0. The van der Waals surface area contributed by atoms with Gasteiger partial charge in [0.1, 0.15) is 11.6 Å². The number of carbonyl (C=O) groups excluding carboxylic acids is 2. The van der Waals surface area contributed by atoms with Crippen LogP contribution >= 0.6 is 0 Å². The van der Waals surface area contributed by atoms with Crippen molar-refractivity contribution >= 4 is 12.0 Å². The molecule has 0 aromatic rings. The second-order valence-electron chi connectivity index (χ2n) is 7.37. The molecule has 1 atom stereocenters. The zero-order valence-corrected chi connectivity index (χ0v) is 16.8. The number of nitrogens with zero attached hydrogens (tertiary/aromatic N) is 1. The summed E-state index contributed by atoms with van der Waals surface area (Å²) in [5, 5.41) is 2.91. The first-order chi connectivity index (χ1) is 11.5. The van der Waals surface area contributed by atoms with Gasteiger partial charge in [-0.3, -0.25) is 9.69 Å². The summed E-state index contributed by atoms with van der Waals surface area (Å²) in [6.45, 7) is 15.7. The Kier molecular flexibility index (Phi) is 9.87. The average Bonchev–Trinajstić information content (AvgIpc) is 2.45. The molecule has 0 radical (unpaired) electrons. The third kappa shape index (κ3) is 9.13. The lowest BCUT2D eigenvalue weighted by atomic mass is 10.0. The van der Waals surface area contributed by atoms with Gasteiger partial charge in [0, 0.05) is 13.6 Å². The smallest absolute Gasteiger partial charge is 0.410 e. The highest BCUT2D eigenvalue weighted by Gasteiger charge is 2.31. The predicted octanol–water partition coefficient (Wildman–Crippen LogP) is 4.07. The molecule has 0 aromatic carbocycles. The number of nitrogens with one attached hydrogen (secondary N) is 1. The number of amides is 2. The van der Waals surface area contributed by atoms with Gasteiger partial charge in [-0.2, -0.15) is 0 Å². The highest BCUT2D eigenvalue weighted by molar-refractivity contribution is 5.89. The third-order valence-electron chi connectivity index (χ3n) is 3.32. The average molecular weight is 351 g/mol. The summed E-state index contributed by atoms with van der Waals surface area (Å²) in [4.78, 5) is 26.5. The zero-order chi connectivity index (χ0) is 19.6. The predicted molar refractivity (Wildman–Crippen MR) is 103 cm³/mol. The molecule has 0 bridgehead atoms. The van der Waals surface area contributed by atoms with Gasteiger partial charge in [-0.15, -0.1) is 0 Å². The van der Waals surface area contributed by atoms with E-state index >= 15 is 0 Å². The molecule has 0 saturated carbocycles. The van der Waals surface area contributed by atoms with Crippen LogP contribution in [-0.2, 0) is 9.53 Å². The Morgan fingerprint density at radius 2 is 1.88 bits per heavy atom. The largest absolute Gasteiger partial charge is 0.444 e. The van der Waals surface area contributed by atoms with Gasteiger partial charge in [-0.25, -0.2) is 4.79 Å². The Bertz CT molecular complexity index is 514. The van der Waals surface area contributed by atoms with Crippen molar-refractivity contribution in [1.82, 2.24) is 10.2 Å². The van der Waals surface area contributed by atoms with Crippen LogP contribution < -0.4 is 5.32 Å². The van der Waals surface area contributed by atoms with Crippen molar-refractivity contribution in [2.75, 3.05) is 13.6 Å². The Hall–Kier alpha value is -2.04. The van der Waals surface area contributed by atoms with Crippen molar-refractivity contribution in [2.45, 2.75) is 59.6 Å². The van der Waals surface area contributed by atoms with E-state index in [0.29, 0.717) is 18.0 Å². The van der Waals surface area contributed by atoms with E-state index in [1.165, 1.54) is 4.90 Å². The third-order valence-corrected chi connectivity index (χ3v) is 3.32. The lowest BCUT2D eigenvalue weighted by Crippen LogP contribution is -2.50. The lowest BCUT2D eigenvalue weighted by Gasteiger charge is -2.30. The van der Waals surface area contributed by atoms with Gasteiger partial charge in [-0.1, -0.05) is 44.7 Å². The molecule has 0 aromatic heterocycles. The van der Waals surface area contributed by atoms with E-state index in [4.69, 9.17) is 4.74 Å². The molecule has 5 heteroatoms. The molecular weight excluding hydrogens is 316 g/mol. The van der Waals surface area contributed by atoms with Crippen LogP contribution in [0.15, 0.2) is 36.5 Å². The fraction of sp³-hybridized carbons (Fsp3) is 0.600. The standard InChI is InChI=1S/C20H34N2O3/c1-9-11-16(12-10-2)17(18(23)21-14-13-15(3)4)22(8)19(24)25-20(5,6)7/h9-12,15,17H,1,13-14H2,2-8H3,(H,21,23)/b12-10-,16-11+. The summed E-state index contributed by atoms with van der Waals surface area (Å²) in [7, 11) is 1.57. The van der Waals surface area contributed by atoms with Crippen molar-refractivity contribution in [3.8, 4) is 0 Å². The van der Waals surface area contributed by atoms with Crippen LogP contribution in [0.4, 0.5) is 4.79 Å². The van der Waals surface area contributed by atoms with Gasteiger partial charge < -0.3 is 10.1 Å². The molecule has 25 heavy (non-hydrogen) atoms. The number of allylic oxidation sites excluding steroid dienone is 3. The molecule has 0 heterocycles. The second kappa shape index (κ2) is 10.7. The van der Waals surface area contributed by atoms with Crippen LogP contribution in [0, 0.1) is 5.92 Å². The van der Waals surface area contributed by atoms with E-state index in [0.717, 1.165) is 6.42 Å². The molecule has 0 spiro atoms. The monoisotopic (exact) mass is 350 g/mol. The SMILES string of the molecule is C=C/C=C(\C=C/C)C(C(=O)NCCC(C)C)N(C)C(=O)OC(C)(C)C. The summed E-state index contributed by atoms with van der Waals surface area (Å²) in [6, 6.07) is -0.781. The first kappa shape index (κ1) is 23.0. The fourth-order valence-corrected chi connectivity index (χ4v) is 2.14. The van der Waals surface area contributed by atoms with Crippen LogP contribution in [0.5, 0.6) is 0 Å². The summed E-state index contributed by atoms with van der Waals surface area (Å²) in [6.07, 6.45) is 7.29. The molecule has 0 aliphatic rings. The van der Waals surface area contributed by atoms with E-state index in [1.807, 2.05) is 13.0 Å². The van der Waals surface area contributed by atoms with Crippen LogP contribution in [-0.4, -0.2) is 42.1 Å². The minimum Gasteiger partial charge on any atom is -0.444 e. The molecule has 142 valence electrons. The van der Waals surface area contributed by atoms with Crippen LogP contribution in [0.3, 0.4) is 0 Å². The maximum Gasteiger partial charge on any atom is 0.410 e. The lowest BCUT2D eigenvalue weighted by molar-refractivity contribution is -0.124. The van der Waals surface area contributed by atoms with Gasteiger partial charge in [0.25, 0.3) is 0 Å². The minimum absolute atomic E-state index is 0.236. The molecule has 1 N–H and O–H groups in total. The van der Waals surface area contributed by atoms with Gasteiger partial charge in [-0.05, 0) is 45.6 Å². The number of carbonyl (C=O) groups is 2. The molecule has 0 aliphatic heterocycles. The first-order valence-corrected chi connectivity index (χ1v) is 8.72. The molecule has 1 unspecified atom stereocenters. The van der Waals surface area contributed by atoms with Gasteiger partial charge in [0.05, 0.1) is 0 Å². The Morgan fingerprint density at radius 1 is 1.28 bits per heavy atom. The fourth-order valence-electron chi connectivity index (χ4n) is 2.14. The van der Waals surface area contributed by atoms with Crippen LogP contribution in [0.25, 0.3) is 0 Å². The Morgan fingerprint density at radius 3 is 2.32 bits per heavy atom. The highest BCUT2D eigenvalue weighted by Crippen LogP contribution is 2.17. The maximum absolute atomic E-state index is 12.8. The zero-order valence-electron chi connectivity index (χ0n) is 16.8. The summed E-state index contributed by atoms with van der Waals surface area (Å²) in [5.41, 5.74) is 0.0420. The number of hydrogen-bond donors (Lipinski definition) is 1. The molecule has 5 nitrogen and oxygen atoms in total. The molecule has 2 amide bonds. The molecular formula is C20H34N2O3. The van der Waals surface area contributed by atoms with E-state index < -0.39 is 17.7 Å². The second-order valence-corrected chi connectivity index (χ2v) is 7.37. The van der Waals surface area contributed by atoms with Gasteiger partial charge in [0.2, 0.25) is 5.91 Å². The van der Waals surface area contributed by atoms with E-state index in [2.05, 4.69) is 25.7 Å². The Balaban J connectivity index is 5.50. The van der Waals surface area contributed by atoms with Crippen molar-refractivity contribution in [3.05, 3.63) is 36.5 Å². The number of ether oxygens (including phenoxy) is 1. The van der Waals surface area contributed by atoms with Crippen LogP contribution in [0.2, 0.25) is 0 Å². The maximum atomic E-state index is 12.8. The number of hydrogen-bond acceptors (Lipinski definition) is 3. The summed E-state index contributed by atoms with van der Waals surface area (Å²) in [5.74, 6) is 0.251. The number of rotatable bonds is 8. The van der Waals surface area contributed by atoms with E-state index in [-0.39, 0.29) is 5.91 Å². The van der Waals surface area contributed by atoms with Crippen molar-refractivity contribution in [3.63, 3.8) is 0 Å². The first-order valence-electron chi connectivity index (χ1n) is 8.72. The topological polar surface area (TPSA) is 58.6 Å². The minimum atomic E-state index is -0.781. The van der Waals surface area contributed by atoms with E-state index in [1.54, 1.807) is 46.0 Å². The van der Waals surface area contributed by atoms with Crippen molar-refractivity contribution in [1.29, 1.82) is 0 Å². The molecule has 0 aliphatic carbocycles. The molecule has 0 rings (SSSR count). The normalized spacial score (nSPS) is 13.7. The number of likely N-dealkylation sites (N-methyl/N-ethyl adjacent to an activating group) is 1. The summed E-state index contributed by atoms with van der Waals surface area (Å²) < 4.78 is 5.41. The quantitative estimate of drug-likeness (QED) is 0.671. The van der Waals surface area contributed by atoms with Crippen molar-refractivity contribution in [2.24, 2.45) is 5.92 Å².